The molecule has 2 aromatic heterocycles. The summed E-state index contributed by atoms with van der Waals surface area (Å²) in [5.74, 6) is 0. The van der Waals surface area contributed by atoms with Gasteiger partial charge in [0.05, 0.1) is 12.5 Å². The van der Waals surface area contributed by atoms with Crippen LogP contribution in [0.3, 0.4) is 0 Å². The van der Waals surface area contributed by atoms with E-state index in [0.717, 1.165) is 5.56 Å². The molecule has 0 saturated carbocycles. The molecule has 0 radical (unpaired) electrons. The highest BCUT2D eigenvalue weighted by Crippen LogP contribution is 2.16. The SMILES string of the molecule is C[C@H](Cc1ccoc1)NS(=O)(=O)c1cccs1. The molecular weight excluding hydrogens is 258 g/mol. The molecule has 0 amide bonds. The predicted octanol–water partition coefficient (Wildman–Crippen LogP) is 2.25. The molecule has 0 aliphatic heterocycles. The number of thiophene rings is 1. The molecule has 0 saturated heterocycles. The first-order chi connectivity index (χ1) is 8.08. The molecule has 0 aromatic carbocycles. The second-order valence-electron chi connectivity index (χ2n) is 3.79. The van der Waals surface area contributed by atoms with Gasteiger partial charge in [0.25, 0.3) is 0 Å². The van der Waals surface area contributed by atoms with E-state index in [-0.39, 0.29) is 6.04 Å². The Morgan fingerprint density at radius 1 is 1.47 bits per heavy atom. The average Bonchev–Trinajstić information content (AvgIpc) is 2.87. The lowest BCUT2D eigenvalue weighted by Crippen LogP contribution is -2.33. The third-order valence-electron chi connectivity index (χ3n) is 2.24. The van der Waals surface area contributed by atoms with Crippen molar-refractivity contribution >= 4 is 21.4 Å². The molecule has 4 nitrogen and oxygen atoms in total. The van der Waals surface area contributed by atoms with Gasteiger partial charge in [0, 0.05) is 6.04 Å². The highest BCUT2D eigenvalue weighted by molar-refractivity contribution is 7.91. The van der Waals surface area contributed by atoms with Crippen LogP contribution in [-0.4, -0.2) is 14.5 Å². The van der Waals surface area contributed by atoms with E-state index in [0.29, 0.717) is 10.6 Å². The molecule has 17 heavy (non-hydrogen) atoms. The van der Waals surface area contributed by atoms with Crippen LogP contribution < -0.4 is 4.72 Å². The van der Waals surface area contributed by atoms with Gasteiger partial charge in [-0.3, -0.25) is 0 Å². The summed E-state index contributed by atoms with van der Waals surface area (Å²) in [7, 11) is -3.38. The monoisotopic (exact) mass is 271 g/mol. The summed E-state index contributed by atoms with van der Waals surface area (Å²) in [6.07, 6.45) is 3.81. The highest BCUT2D eigenvalue weighted by atomic mass is 32.2. The van der Waals surface area contributed by atoms with E-state index in [1.54, 1.807) is 30.0 Å². The van der Waals surface area contributed by atoms with E-state index in [9.17, 15) is 8.42 Å². The van der Waals surface area contributed by atoms with Crippen LogP contribution in [0.15, 0.2) is 44.7 Å². The maximum absolute atomic E-state index is 11.9. The number of nitrogens with one attached hydrogen (secondary N) is 1. The maximum atomic E-state index is 11.9. The molecule has 2 heterocycles. The third kappa shape index (κ3) is 3.18. The maximum Gasteiger partial charge on any atom is 0.250 e. The quantitative estimate of drug-likeness (QED) is 0.907. The molecule has 1 atom stereocenters. The van der Waals surface area contributed by atoms with Crippen LogP contribution in [0, 0.1) is 0 Å². The normalized spacial score (nSPS) is 13.7. The van der Waals surface area contributed by atoms with Crippen LogP contribution in [0.25, 0.3) is 0 Å². The van der Waals surface area contributed by atoms with Crippen LogP contribution in [0.4, 0.5) is 0 Å². The Labute approximate surface area is 104 Å². The van der Waals surface area contributed by atoms with Gasteiger partial charge >= 0.3 is 0 Å². The zero-order valence-corrected chi connectivity index (χ0v) is 10.9. The summed E-state index contributed by atoms with van der Waals surface area (Å²) in [4.78, 5) is 0. The van der Waals surface area contributed by atoms with Crippen molar-refractivity contribution in [3.8, 4) is 0 Å². The second-order valence-corrected chi connectivity index (χ2v) is 6.68. The van der Waals surface area contributed by atoms with Gasteiger partial charge in [0.15, 0.2) is 0 Å². The Bertz CT molecular complexity index is 544. The van der Waals surface area contributed by atoms with Gasteiger partial charge in [-0.1, -0.05) is 6.07 Å². The van der Waals surface area contributed by atoms with Crippen LogP contribution in [0.2, 0.25) is 0 Å². The van der Waals surface area contributed by atoms with Gasteiger partial charge in [-0.15, -0.1) is 11.3 Å². The van der Waals surface area contributed by atoms with E-state index in [4.69, 9.17) is 4.42 Å². The molecular formula is C11H13NO3S2. The highest BCUT2D eigenvalue weighted by Gasteiger charge is 2.18. The summed E-state index contributed by atoms with van der Waals surface area (Å²) in [5, 5.41) is 1.75. The molecule has 0 unspecified atom stereocenters. The smallest absolute Gasteiger partial charge is 0.250 e. The summed E-state index contributed by atoms with van der Waals surface area (Å²) < 4.78 is 31.7. The van der Waals surface area contributed by atoms with Gasteiger partial charge in [0.1, 0.15) is 4.21 Å². The van der Waals surface area contributed by atoms with Crippen molar-refractivity contribution in [2.24, 2.45) is 0 Å². The number of rotatable bonds is 5. The molecule has 6 heteroatoms. The fourth-order valence-electron chi connectivity index (χ4n) is 1.54. The van der Waals surface area contributed by atoms with Crippen molar-refractivity contribution in [2.75, 3.05) is 0 Å². The molecule has 92 valence electrons. The minimum absolute atomic E-state index is 0.167. The zero-order valence-electron chi connectivity index (χ0n) is 9.29. The summed E-state index contributed by atoms with van der Waals surface area (Å²) in [6.45, 7) is 1.83. The van der Waals surface area contributed by atoms with Gasteiger partial charge < -0.3 is 4.42 Å². The number of hydrogen-bond donors (Lipinski definition) is 1. The van der Waals surface area contributed by atoms with Crippen LogP contribution in [0.5, 0.6) is 0 Å². The standard InChI is InChI=1S/C11H13NO3S2/c1-9(7-10-4-5-15-8-10)12-17(13,14)11-3-2-6-16-11/h2-6,8-9,12H,7H2,1H3/t9-/m1/s1. The third-order valence-corrected chi connectivity index (χ3v) is 5.23. The lowest BCUT2D eigenvalue weighted by atomic mass is 10.1. The first-order valence-corrected chi connectivity index (χ1v) is 7.51. The van der Waals surface area contributed by atoms with Crippen molar-refractivity contribution in [1.29, 1.82) is 0 Å². The molecule has 2 aromatic rings. The first kappa shape index (κ1) is 12.3. The van der Waals surface area contributed by atoms with E-state index in [1.807, 2.05) is 13.0 Å². The van der Waals surface area contributed by atoms with Crippen molar-refractivity contribution in [2.45, 2.75) is 23.6 Å². The average molecular weight is 271 g/mol. The molecule has 0 spiro atoms. The number of furan rings is 1. The zero-order chi connectivity index (χ0) is 12.3. The largest absolute Gasteiger partial charge is 0.472 e. The van der Waals surface area contributed by atoms with Crippen LogP contribution in [0.1, 0.15) is 12.5 Å². The summed E-state index contributed by atoms with van der Waals surface area (Å²) in [5.41, 5.74) is 0.978. The molecule has 0 aliphatic rings. The van der Waals surface area contributed by atoms with Crippen molar-refractivity contribution < 1.29 is 12.8 Å². The van der Waals surface area contributed by atoms with Crippen LogP contribution in [-0.2, 0) is 16.4 Å². The van der Waals surface area contributed by atoms with Crippen LogP contribution >= 0.6 is 11.3 Å². The minimum Gasteiger partial charge on any atom is -0.472 e. The number of hydrogen-bond acceptors (Lipinski definition) is 4. The van der Waals surface area contributed by atoms with E-state index < -0.39 is 10.0 Å². The Kier molecular flexibility index (Phi) is 3.66. The number of sulfonamides is 1. The lowest BCUT2D eigenvalue weighted by Gasteiger charge is -2.12. The lowest BCUT2D eigenvalue weighted by molar-refractivity contribution is 0.550. The second kappa shape index (κ2) is 5.03. The summed E-state index contributed by atoms with van der Waals surface area (Å²) >= 11 is 1.21. The fraction of sp³-hybridized carbons (Fsp3) is 0.273. The summed E-state index contributed by atoms with van der Waals surface area (Å²) in [6, 6.07) is 4.98. The molecule has 0 aliphatic carbocycles. The fourth-order valence-corrected chi connectivity index (χ4v) is 3.80. The van der Waals surface area contributed by atoms with Gasteiger partial charge in [-0.05, 0) is 36.4 Å². The predicted molar refractivity (Wildman–Crippen MR) is 66.5 cm³/mol. The van der Waals surface area contributed by atoms with Crippen molar-refractivity contribution in [3.63, 3.8) is 0 Å². The Morgan fingerprint density at radius 3 is 2.88 bits per heavy atom. The Morgan fingerprint density at radius 2 is 2.29 bits per heavy atom. The van der Waals surface area contributed by atoms with E-state index >= 15 is 0 Å². The minimum atomic E-state index is -3.38. The van der Waals surface area contributed by atoms with E-state index in [2.05, 4.69) is 4.72 Å². The van der Waals surface area contributed by atoms with E-state index in [1.165, 1.54) is 11.3 Å². The molecule has 1 N–H and O–H groups in total. The Hall–Kier alpha value is -1.11. The first-order valence-electron chi connectivity index (χ1n) is 5.15. The molecule has 2 rings (SSSR count). The Balaban J connectivity index is 2.01. The van der Waals surface area contributed by atoms with Crippen molar-refractivity contribution in [1.82, 2.24) is 4.72 Å². The molecule has 0 fully saturated rings. The van der Waals surface area contributed by atoms with Gasteiger partial charge in [-0.2, -0.15) is 0 Å². The van der Waals surface area contributed by atoms with Crippen molar-refractivity contribution in [3.05, 3.63) is 41.7 Å². The van der Waals surface area contributed by atoms with Gasteiger partial charge in [0.2, 0.25) is 10.0 Å². The molecule has 0 bridgehead atoms. The topological polar surface area (TPSA) is 59.3 Å². The van der Waals surface area contributed by atoms with Gasteiger partial charge in [-0.25, -0.2) is 13.1 Å².